The van der Waals surface area contributed by atoms with Crippen molar-refractivity contribution in [1.82, 2.24) is 0 Å². The highest BCUT2D eigenvalue weighted by Gasteiger charge is 2.44. The van der Waals surface area contributed by atoms with Gasteiger partial charge < -0.3 is 15.8 Å². The lowest BCUT2D eigenvalue weighted by atomic mass is 9.85. The fourth-order valence-corrected chi connectivity index (χ4v) is 3.18. The fraction of sp³-hybridized carbons (Fsp3) is 0.429. The molecule has 1 fully saturated rings. The van der Waals surface area contributed by atoms with Crippen LogP contribution in [0.3, 0.4) is 0 Å². The minimum absolute atomic E-state index is 0.128. The van der Waals surface area contributed by atoms with Crippen molar-refractivity contribution in [1.29, 1.82) is 0 Å². The molecule has 1 aromatic carbocycles. The van der Waals surface area contributed by atoms with Gasteiger partial charge in [-0.15, -0.1) is 0 Å². The molecule has 1 saturated carbocycles. The largest absolute Gasteiger partial charge is 0.497 e. The van der Waals surface area contributed by atoms with Crippen LogP contribution >= 0.6 is 28.1 Å². The second-order valence-corrected chi connectivity index (χ2v) is 6.25. The fourth-order valence-electron chi connectivity index (χ4n) is 2.53. The molecule has 0 radical (unpaired) electrons. The number of carbonyl (C=O) groups is 1. The summed E-state index contributed by atoms with van der Waals surface area (Å²) in [6.07, 6.45) is 3.39. The molecule has 0 bridgehead atoms. The van der Waals surface area contributed by atoms with Crippen LogP contribution in [0.4, 0.5) is 5.69 Å². The molecular weight excluding hydrogens is 340 g/mol. The third-order valence-electron chi connectivity index (χ3n) is 3.79. The van der Waals surface area contributed by atoms with Crippen molar-refractivity contribution in [2.24, 2.45) is 11.1 Å². The van der Waals surface area contributed by atoms with Gasteiger partial charge in [0.05, 0.1) is 23.2 Å². The summed E-state index contributed by atoms with van der Waals surface area (Å²) in [5, 5.41) is 2.92. The zero-order chi connectivity index (χ0) is 14.8. The molecule has 6 heteroatoms. The van der Waals surface area contributed by atoms with Crippen LogP contribution in [-0.2, 0) is 4.79 Å². The average Bonchev–Trinajstić information content (AvgIpc) is 2.92. The quantitative estimate of drug-likeness (QED) is 0.812. The molecule has 0 unspecified atom stereocenters. The number of hydrogen-bond donors (Lipinski definition) is 2. The van der Waals surface area contributed by atoms with Gasteiger partial charge in [0.2, 0.25) is 5.91 Å². The van der Waals surface area contributed by atoms with E-state index in [9.17, 15) is 4.79 Å². The first kappa shape index (κ1) is 15.3. The zero-order valence-corrected chi connectivity index (χ0v) is 13.6. The maximum atomic E-state index is 12.6. The molecule has 1 amide bonds. The van der Waals surface area contributed by atoms with Gasteiger partial charge in [0, 0.05) is 10.5 Å². The molecular formula is C14H17BrN2O2S. The van der Waals surface area contributed by atoms with E-state index in [4.69, 9.17) is 22.7 Å². The predicted octanol–water partition coefficient (Wildman–Crippen LogP) is 3.24. The number of nitrogens with one attached hydrogen (secondary N) is 1. The van der Waals surface area contributed by atoms with Gasteiger partial charge in [-0.05, 0) is 40.9 Å². The monoisotopic (exact) mass is 356 g/mol. The minimum Gasteiger partial charge on any atom is -0.497 e. The van der Waals surface area contributed by atoms with Crippen molar-refractivity contribution in [2.45, 2.75) is 25.7 Å². The lowest BCUT2D eigenvalue weighted by molar-refractivity contribution is -0.122. The number of ether oxygens (including phenoxy) is 1. The Hall–Kier alpha value is -1.14. The number of rotatable bonds is 4. The Balaban J connectivity index is 2.25. The molecule has 1 aliphatic carbocycles. The summed E-state index contributed by atoms with van der Waals surface area (Å²) in [7, 11) is 1.59. The highest BCUT2D eigenvalue weighted by Crippen LogP contribution is 2.40. The smallest absolute Gasteiger partial charge is 0.237 e. The predicted molar refractivity (Wildman–Crippen MR) is 87.0 cm³/mol. The van der Waals surface area contributed by atoms with E-state index in [0.717, 1.165) is 30.2 Å². The van der Waals surface area contributed by atoms with Crippen molar-refractivity contribution in [3.8, 4) is 5.75 Å². The molecule has 0 heterocycles. The van der Waals surface area contributed by atoms with Crippen LogP contribution < -0.4 is 15.8 Å². The van der Waals surface area contributed by atoms with Crippen LogP contribution in [0.1, 0.15) is 25.7 Å². The van der Waals surface area contributed by atoms with Gasteiger partial charge >= 0.3 is 0 Å². The van der Waals surface area contributed by atoms with Crippen LogP contribution in [0, 0.1) is 5.41 Å². The first-order valence-corrected chi connectivity index (χ1v) is 7.64. The highest BCUT2D eigenvalue weighted by molar-refractivity contribution is 9.10. The van der Waals surface area contributed by atoms with E-state index in [2.05, 4.69) is 21.2 Å². The highest BCUT2D eigenvalue weighted by atomic mass is 79.9. The van der Waals surface area contributed by atoms with Crippen LogP contribution in [-0.4, -0.2) is 18.0 Å². The second-order valence-electron chi connectivity index (χ2n) is 4.95. The van der Waals surface area contributed by atoms with Gasteiger partial charge in [-0.1, -0.05) is 25.1 Å². The molecule has 108 valence electrons. The molecule has 0 atom stereocenters. The Labute approximate surface area is 132 Å². The maximum Gasteiger partial charge on any atom is 0.237 e. The number of nitrogens with two attached hydrogens (primary N) is 1. The van der Waals surface area contributed by atoms with Crippen molar-refractivity contribution < 1.29 is 9.53 Å². The number of carbonyl (C=O) groups excluding carboxylic acids is 1. The van der Waals surface area contributed by atoms with Crippen molar-refractivity contribution in [2.75, 3.05) is 12.4 Å². The molecule has 3 N–H and O–H groups in total. The maximum absolute atomic E-state index is 12.6. The number of halogens is 1. The van der Waals surface area contributed by atoms with E-state index >= 15 is 0 Å². The van der Waals surface area contributed by atoms with Gasteiger partial charge in [-0.3, -0.25) is 4.79 Å². The molecule has 4 nitrogen and oxygen atoms in total. The van der Waals surface area contributed by atoms with Gasteiger partial charge in [-0.2, -0.15) is 0 Å². The lowest BCUT2D eigenvalue weighted by Crippen LogP contribution is -2.44. The van der Waals surface area contributed by atoms with Gasteiger partial charge in [0.25, 0.3) is 0 Å². The third kappa shape index (κ3) is 2.81. The second kappa shape index (κ2) is 6.10. The number of anilines is 1. The number of amides is 1. The number of hydrogen-bond acceptors (Lipinski definition) is 3. The van der Waals surface area contributed by atoms with E-state index in [0.29, 0.717) is 11.4 Å². The molecule has 0 saturated heterocycles. The molecule has 20 heavy (non-hydrogen) atoms. The number of methoxy groups -OCH3 is 1. The molecule has 2 rings (SSSR count). The standard InChI is InChI=1S/C14H17BrN2O2S/c1-19-9-4-5-10(15)11(8-9)17-13(18)14(12(16)20)6-2-3-7-14/h4-5,8H,2-3,6-7H2,1H3,(H2,16,20)(H,17,18). The molecule has 1 aromatic rings. The summed E-state index contributed by atoms with van der Waals surface area (Å²) >= 11 is 8.54. The Kier molecular flexibility index (Phi) is 4.65. The minimum atomic E-state index is -0.710. The van der Waals surface area contributed by atoms with E-state index in [1.165, 1.54) is 0 Å². The summed E-state index contributed by atoms with van der Waals surface area (Å²) < 4.78 is 5.96. The summed E-state index contributed by atoms with van der Waals surface area (Å²) in [6, 6.07) is 5.42. The van der Waals surface area contributed by atoms with Gasteiger partial charge in [0.15, 0.2) is 0 Å². The Morgan fingerprint density at radius 1 is 1.45 bits per heavy atom. The van der Waals surface area contributed by atoms with Crippen molar-refractivity contribution in [3.63, 3.8) is 0 Å². The normalized spacial score (nSPS) is 16.7. The summed E-state index contributed by atoms with van der Waals surface area (Å²) in [5.41, 5.74) is 5.77. The number of benzene rings is 1. The Bertz CT molecular complexity index is 542. The van der Waals surface area contributed by atoms with Gasteiger partial charge in [-0.25, -0.2) is 0 Å². The molecule has 0 aromatic heterocycles. The summed E-state index contributed by atoms with van der Waals surface area (Å²) in [5.74, 6) is 0.552. The average molecular weight is 357 g/mol. The zero-order valence-electron chi connectivity index (χ0n) is 11.2. The van der Waals surface area contributed by atoms with E-state index in [-0.39, 0.29) is 10.9 Å². The van der Waals surface area contributed by atoms with Crippen LogP contribution in [0.5, 0.6) is 5.75 Å². The van der Waals surface area contributed by atoms with Crippen LogP contribution in [0.2, 0.25) is 0 Å². The Morgan fingerprint density at radius 2 is 2.10 bits per heavy atom. The van der Waals surface area contributed by atoms with E-state index in [1.54, 1.807) is 13.2 Å². The molecule has 0 aliphatic heterocycles. The van der Waals surface area contributed by atoms with E-state index in [1.807, 2.05) is 12.1 Å². The third-order valence-corrected chi connectivity index (χ3v) is 4.87. The van der Waals surface area contributed by atoms with Crippen LogP contribution in [0.15, 0.2) is 22.7 Å². The van der Waals surface area contributed by atoms with Crippen molar-refractivity contribution >= 4 is 44.7 Å². The van der Waals surface area contributed by atoms with E-state index < -0.39 is 5.41 Å². The summed E-state index contributed by atoms with van der Waals surface area (Å²) in [6.45, 7) is 0. The van der Waals surface area contributed by atoms with Crippen molar-refractivity contribution in [3.05, 3.63) is 22.7 Å². The first-order valence-electron chi connectivity index (χ1n) is 6.44. The van der Waals surface area contributed by atoms with Crippen LogP contribution in [0.25, 0.3) is 0 Å². The van der Waals surface area contributed by atoms with Gasteiger partial charge in [0.1, 0.15) is 5.75 Å². The Morgan fingerprint density at radius 3 is 2.65 bits per heavy atom. The molecule has 1 aliphatic rings. The number of thiocarbonyl (C=S) groups is 1. The first-order chi connectivity index (χ1) is 9.49. The lowest BCUT2D eigenvalue weighted by Gasteiger charge is -2.26. The summed E-state index contributed by atoms with van der Waals surface area (Å²) in [4.78, 5) is 12.9. The molecule has 0 spiro atoms. The topological polar surface area (TPSA) is 64.3 Å². The SMILES string of the molecule is COc1ccc(Br)c(NC(=O)C2(C(N)=S)CCCC2)c1.